The lowest BCUT2D eigenvalue weighted by molar-refractivity contribution is -0.132. The fraction of sp³-hybridized carbons (Fsp3) is 0.147. The van der Waals surface area contributed by atoms with Gasteiger partial charge in [-0.25, -0.2) is 13.1 Å². The first kappa shape index (κ1) is 30.9. The van der Waals surface area contributed by atoms with E-state index in [-0.39, 0.29) is 18.9 Å². The molecule has 0 aliphatic rings. The van der Waals surface area contributed by atoms with Crippen LogP contribution < -0.4 is 14.9 Å². The lowest BCUT2D eigenvalue weighted by Gasteiger charge is -2.26. The van der Waals surface area contributed by atoms with E-state index in [0.29, 0.717) is 28.1 Å². The largest absolute Gasteiger partial charge is 0.322 e. The highest BCUT2D eigenvalue weighted by Crippen LogP contribution is 2.23. The molecule has 2 N–H and O–H groups in total. The van der Waals surface area contributed by atoms with Crippen LogP contribution in [0.4, 0.5) is 11.4 Å². The van der Waals surface area contributed by atoms with Gasteiger partial charge in [0.1, 0.15) is 5.92 Å². The summed E-state index contributed by atoms with van der Waals surface area (Å²) in [5.74, 6) is -3.18. The van der Waals surface area contributed by atoms with Crippen LogP contribution in [0.2, 0.25) is 0 Å². The lowest BCUT2D eigenvalue weighted by Crippen LogP contribution is -2.46. The van der Waals surface area contributed by atoms with Crippen LogP contribution in [0.1, 0.15) is 34.0 Å². The number of aryl methyl sites for hydroxylation is 1. The Hall–Kier alpha value is -5.02. The van der Waals surface area contributed by atoms with Crippen molar-refractivity contribution in [1.82, 2.24) is 4.72 Å². The van der Waals surface area contributed by atoms with Crippen molar-refractivity contribution < 1.29 is 22.8 Å². The van der Waals surface area contributed by atoms with Crippen molar-refractivity contribution >= 4 is 45.2 Å². The fourth-order valence-electron chi connectivity index (χ4n) is 4.48. The predicted molar refractivity (Wildman–Crippen MR) is 170 cm³/mol. The van der Waals surface area contributed by atoms with E-state index in [9.17, 15) is 22.8 Å². The molecule has 4 aromatic rings. The Labute approximate surface area is 252 Å². The minimum atomic E-state index is -4.22. The molecule has 220 valence electrons. The summed E-state index contributed by atoms with van der Waals surface area (Å²) in [4.78, 5) is 41.7. The van der Waals surface area contributed by atoms with E-state index in [2.05, 4.69) is 10.0 Å². The second-order valence-corrected chi connectivity index (χ2v) is 11.4. The number of carbonyl (C=O) groups is 3. The first-order chi connectivity index (χ1) is 20.7. The van der Waals surface area contributed by atoms with Gasteiger partial charge in [0, 0.05) is 23.5 Å². The number of sulfonamides is 1. The van der Waals surface area contributed by atoms with E-state index in [1.54, 1.807) is 104 Å². The van der Waals surface area contributed by atoms with Crippen LogP contribution in [0, 0.1) is 12.8 Å². The molecule has 0 saturated heterocycles. The van der Waals surface area contributed by atoms with Crippen molar-refractivity contribution in [1.29, 1.82) is 0 Å². The highest BCUT2D eigenvalue weighted by molar-refractivity contribution is 7.93. The zero-order chi connectivity index (χ0) is 30.8. The SMILES string of the molecule is CCN(C(=O)C(Cc1ccc(C)c(NC(=O)c2ccccc2)c1)C(=O)NS(=O)(=O)/C=C/c1ccccc1)c1ccccc1. The second-order valence-electron chi connectivity index (χ2n) is 9.87. The third-order valence-corrected chi connectivity index (χ3v) is 7.75. The summed E-state index contributed by atoms with van der Waals surface area (Å²) in [6.07, 6.45) is 1.27. The molecule has 0 aliphatic heterocycles. The Balaban J connectivity index is 1.62. The van der Waals surface area contributed by atoms with Crippen molar-refractivity contribution in [3.63, 3.8) is 0 Å². The van der Waals surface area contributed by atoms with Crippen LogP contribution in [0.5, 0.6) is 0 Å². The van der Waals surface area contributed by atoms with Gasteiger partial charge in [-0.2, -0.15) is 0 Å². The first-order valence-electron chi connectivity index (χ1n) is 13.8. The van der Waals surface area contributed by atoms with E-state index < -0.39 is 27.8 Å². The number of carbonyl (C=O) groups excluding carboxylic acids is 3. The van der Waals surface area contributed by atoms with E-state index in [1.165, 1.54) is 11.0 Å². The van der Waals surface area contributed by atoms with Crippen molar-refractivity contribution in [3.8, 4) is 0 Å². The summed E-state index contributed by atoms with van der Waals surface area (Å²) in [6, 6.07) is 31.6. The molecule has 0 bridgehead atoms. The van der Waals surface area contributed by atoms with Crippen molar-refractivity contribution in [2.45, 2.75) is 20.3 Å². The van der Waals surface area contributed by atoms with E-state index in [4.69, 9.17) is 0 Å². The van der Waals surface area contributed by atoms with E-state index in [1.807, 2.05) is 19.1 Å². The molecule has 0 heterocycles. The minimum absolute atomic E-state index is 0.0968. The maximum atomic E-state index is 13.9. The second kappa shape index (κ2) is 14.2. The van der Waals surface area contributed by atoms with Crippen LogP contribution in [0.15, 0.2) is 115 Å². The molecule has 3 amide bonds. The summed E-state index contributed by atoms with van der Waals surface area (Å²) >= 11 is 0. The molecule has 4 aromatic carbocycles. The summed E-state index contributed by atoms with van der Waals surface area (Å²) in [5, 5.41) is 3.79. The predicted octanol–water partition coefficient (Wildman–Crippen LogP) is 5.58. The Morgan fingerprint density at radius 3 is 2.07 bits per heavy atom. The number of rotatable bonds is 11. The molecule has 0 aliphatic carbocycles. The number of para-hydroxylation sites is 1. The number of hydrogen-bond acceptors (Lipinski definition) is 5. The Morgan fingerprint density at radius 2 is 1.44 bits per heavy atom. The average molecular weight is 596 g/mol. The molecular formula is C34H33N3O5S. The average Bonchev–Trinajstić information content (AvgIpc) is 3.02. The van der Waals surface area contributed by atoms with E-state index in [0.717, 1.165) is 11.0 Å². The van der Waals surface area contributed by atoms with Crippen molar-refractivity contribution in [2.75, 3.05) is 16.8 Å². The number of nitrogens with one attached hydrogen (secondary N) is 2. The summed E-state index contributed by atoms with van der Waals surface area (Å²) < 4.78 is 27.8. The maximum absolute atomic E-state index is 13.9. The van der Waals surface area contributed by atoms with E-state index >= 15 is 0 Å². The van der Waals surface area contributed by atoms with Crippen molar-refractivity contribution in [2.24, 2.45) is 5.92 Å². The van der Waals surface area contributed by atoms with Gasteiger partial charge >= 0.3 is 0 Å². The maximum Gasteiger partial charge on any atom is 0.257 e. The zero-order valence-corrected chi connectivity index (χ0v) is 24.8. The van der Waals surface area contributed by atoms with Gasteiger partial charge in [-0.05, 0) is 73.4 Å². The highest BCUT2D eigenvalue weighted by Gasteiger charge is 2.33. The number of amides is 3. The molecular weight excluding hydrogens is 562 g/mol. The number of nitrogens with zero attached hydrogens (tertiary/aromatic N) is 1. The number of benzene rings is 4. The van der Waals surface area contributed by atoms with Gasteiger partial charge in [0.25, 0.3) is 15.9 Å². The Kier molecular flexibility index (Phi) is 10.2. The minimum Gasteiger partial charge on any atom is -0.322 e. The van der Waals surface area contributed by atoms with Gasteiger partial charge in [0.2, 0.25) is 11.8 Å². The fourth-order valence-corrected chi connectivity index (χ4v) is 5.31. The van der Waals surface area contributed by atoms with Gasteiger partial charge in [-0.1, -0.05) is 78.9 Å². The molecule has 1 unspecified atom stereocenters. The number of hydrogen-bond donors (Lipinski definition) is 2. The van der Waals surface area contributed by atoms with Gasteiger partial charge in [0.15, 0.2) is 0 Å². The number of anilines is 2. The molecule has 0 spiro atoms. The van der Waals surface area contributed by atoms with Gasteiger partial charge < -0.3 is 10.2 Å². The lowest BCUT2D eigenvalue weighted by atomic mass is 9.95. The summed E-state index contributed by atoms with van der Waals surface area (Å²) in [5.41, 5.74) is 3.58. The smallest absolute Gasteiger partial charge is 0.257 e. The summed E-state index contributed by atoms with van der Waals surface area (Å²) in [6.45, 7) is 3.88. The van der Waals surface area contributed by atoms with Crippen LogP contribution >= 0.6 is 0 Å². The molecule has 9 heteroatoms. The van der Waals surface area contributed by atoms with Crippen LogP contribution in [-0.2, 0) is 26.0 Å². The van der Waals surface area contributed by atoms with Crippen LogP contribution in [0.25, 0.3) is 6.08 Å². The van der Waals surface area contributed by atoms with Crippen molar-refractivity contribution in [3.05, 3.63) is 137 Å². The molecule has 0 fully saturated rings. The molecule has 0 saturated carbocycles. The quantitative estimate of drug-likeness (QED) is 0.220. The monoisotopic (exact) mass is 595 g/mol. The molecule has 0 radical (unpaired) electrons. The molecule has 0 aromatic heterocycles. The van der Waals surface area contributed by atoms with Gasteiger partial charge in [-0.3, -0.25) is 14.4 Å². The topological polar surface area (TPSA) is 113 Å². The molecule has 4 rings (SSSR count). The molecule has 1 atom stereocenters. The van der Waals surface area contributed by atoms with Crippen LogP contribution in [0.3, 0.4) is 0 Å². The zero-order valence-electron chi connectivity index (χ0n) is 23.9. The molecule has 43 heavy (non-hydrogen) atoms. The highest BCUT2D eigenvalue weighted by atomic mass is 32.2. The van der Waals surface area contributed by atoms with Gasteiger partial charge in [0.05, 0.1) is 5.41 Å². The normalized spacial score (nSPS) is 12.0. The molecule has 8 nitrogen and oxygen atoms in total. The standard InChI is InChI=1S/C34H33N3O5S/c1-3-37(29-17-11-6-12-18-29)34(40)30(33(39)36-43(41,42)22-21-26-13-7-4-8-14-26)23-27-20-19-25(2)31(24-27)35-32(38)28-15-9-5-10-16-28/h4-22,24,30H,3,23H2,1-2H3,(H,35,38)(H,36,39)/b22-21+. The third kappa shape index (κ3) is 8.50. The first-order valence-corrected chi connectivity index (χ1v) is 15.3. The Morgan fingerprint density at radius 1 is 0.837 bits per heavy atom. The van der Waals surface area contributed by atoms with Gasteiger partial charge in [-0.15, -0.1) is 0 Å². The third-order valence-electron chi connectivity index (χ3n) is 6.77. The summed E-state index contributed by atoms with van der Waals surface area (Å²) in [7, 11) is -4.22. The van der Waals surface area contributed by atoms with Crippen LogP contribution in [-0.4, -0.2) is 32.7 Å². The Bertz CT molecular complexity index is 1710.